The summed E-state index contributed by atoms with van der Waals surface area (Å²) in [6.07, 6.45) is 0.284. The molecule has 5 nitrogen and oxygen atoms in total. The molecule has 12 heavy (non-hydrogen) atoms. The molecule has 1 rings (SSSR count). The number of methoxy groups -OCH3 is 1. The van der Waals surface area contributed by atoms with Gasteiger partial charge in [-0.2, -0.15) is 5.26 Å². The summed E-state index contributed by atoms with van der Waals surface area (Å²) in [6, 6.07) is 2.02. The maximum Gasteiger partial charge on any atom is 0.102 e. The van der Waals surface area contributed by atoms with Crippen molar-refractivity contribution in [2.75, 3.05) is 7.11 Å². The van der Waals surface area contributed by atoms with E-state index in [9.17, 15) is 0 Å². The first-order chi connectivity index (χ1) is 5.79. The van der Waals surface area contributed by atoms with Gasteiger partial charge in [0.15, 0.2) is 0 Å². The Bertz CT molecular complexity index is 299. The topological polar surface area (TPSA) is 63.7 Å². The van der Waals surface area contributed by atoms with Crippen LogP contribution in [-0.2, 0) is 24.8 Å². The first-order valence-corrected chi connectivity index (χ1v) is 3.53. The smallest absolute Gasteiger partial charge is 0.102 e. The van der Waals surface area contributed by atoms with Crippen molar-refractivity contribution in [2.24, 2.45) is 7.05 Å². The highest BCUT2D eigenvalue weighted by Crippen LogP contribution is 2.05. The summed E-state index contributed by atoms with van der Waals surface area (Å²) in [7, 11) is 3.38. The van der Waals surface area contributed by atoms with E-state index >= 15 is 0 Å². The predicted octanol–water partition coefficient (Wildman–Crippen LogP) is 0.0276. The summed E-state index contributed by atoms with van der Waals surface area (Å²) in [5.74, 6) is 0. The Morgan fingerprint density at radius 3 is 3.00 bits per heavy atom. The van der Waals surface area contributed by atoms with Crippen LogP contribution in [0.4, 0.5) is 0 Å². The molecular formula is C7H10N4O. The van der Waals surface area contributed by atoms with E-state index in [1.165, 1.54) is 0 Å². The molecule has 1 aromatic heterocycles. The predicted molar refractivity (Wildman–Crippen MR) is 41.0 cm³/mol. The van der Waals surface area contributed by atoms with E-state index in [0.29, 0.717) is 12.3 Å². The third-order valence-corrected chi connectivity index (χ3v) is 1.55. The fraction of sp³-hybridized carbons (Fsp3) is 0.571. The molecule has 0 aromatic carbocycles. The highest BCUT2D eigenvalue weighted by molar-refractivity contribution is 5.12. The van der Waals surface area contributed by atoms with Gasteiger partial charge < -0.3 is 4.74 Å². The van der Waals surface area contributed by atoms with Gasteiger partial charge in [0.1, 0.15) is 5.69 Å². The maximum atomic E-state index is 8.45. The quantitative estimate of drug-likeness (QED) is 0.635. The van der Waals surface area contributed by atoms with Crippen LogP contribution in [0.25, 0.3) is 0 Å². The van der Waals surface area contributed by atoms with E-state index in [1.54, 1.807) is 18.8 Å². The van der Waals surface area contributed by atoms with Gasteiger partial charge in [-0.3, -0.25) is 0 Å². The molecule has 1 heterocycles. The number of nitrogens with zero attached hydrogens (tertiary/aromatic N) is 4. The molecule has 0 aliphatic rings. The zero-order valence-corrected chi connectivity index (χ0v) is 7.11. The average Bonchev–Trinajstić information content (AvgIpc) is 2.37. The molecule has 1 aromatic rings. The zero-order valence-electron chi connectivity index (χ0n) is 7.11. The summed E-state index contributed by atoms with van der Waals surface area (Å²) >= 11 is 0. The fourth-order valence-corrected chi connectivity index (χ4v) is 0.945. The SMILES string of the molecule is COCc1c(CC#N)nnn1C. The van der Waals surface area contributed by atoms with Gasteiger partial charge in [0.05, 0.1) is 24.8 Å². The van der Waals surface area contributed by atoms with Gasteiger partial charge in [0.25, 0.3) is 0 Å². The number of aryl methyl sites for hydroxylation is 1. The van der Waals surface area contributed by atoms with E-state index in [4.69, 9.17) is 10.00 Å². The van der Waals surface area contributed by atoms with Crippen molar-refractivity contribution in [3.8, 4) is 6.07 Å². The zero-order chi connectivity index (χ0) is 8.97. The van der Waals surface area contributed by atoms with Crippen LogP contribution in [0.15, 0.2) is 0 Å². The minimum absolute atomic E-state index is 0.284. The van der Waals surface area contributed by atoms with Gasteiger partial charge in [0.2, 0.25) is 0 Å². The first-order valence-electron chi connectivity index (χ1n) is 3.53. The number of hydrogen-bond acceptors (Lipinski definition) is 4. The molecule has 0 amide bonds. The third-order valence-electron chi connectivity index (χ3n) is 1.55. The van der Waals surface area contributed by atoms with Crippen molar-refractivity contribution in [1.29, 1.82) is 5.26 Å². The van der Waals surface area contributed by atoms with Gasteiger partial charge in [-0.1, -0.05) is 5.21 Å². The molecular weight excluding hydrogens is 156 g/mol. The van der Waals surface area contributed by atoms with Crippen LogP contribution in [0, 0.1) is 11.3 Å². The molecule has 5 heteroatoms. The Hall–Kier alpha value is -1.41. The largest absolute Gasteiger partial charge is 0.378 e. The van der Waals surface area contributed by atoms with Gasteiger partial charge in [-0.05, 0) is 0 Å². The Morgan fingerprint density at radius 2 is 2.42 bits per heavy atom. The lowest BCUT2D eigenvalue weighted by molar-refractivity contribution is 0.177. The molecule has 0 saturated carbocycles. The van der Waals surface area contributed by atoms with Crippen molar-refractivity contribution < 1.29 is 4.74 Å². The standard InChI is InChI=1S/C7H10N4O/c1-11-7(5-12-2)6(3-4-8)9-10-11/h3,5H2,1-2H3. The normalized spacial score (nSPS) is 9.75. The van der Waals surface area contributed by atoms with E-state index < -0.39 is 0 Å². The molecule has 0 unspecified atom stereocenters. The van der Waals surface area contributed by atoms with Crippen LogP contribution in [0.5, 0.6) is 0 Å². The number of hydrogen-bond donors (Lipinski definition) is 0. The number of nitriles is 1. The van der Waals surface area contributed by atoms with E-state index in [0.717, 1.165) is 5.69 Å². The van der Waals surface area contributed by atoms with Crippen LogP contribution in [-0.4, -0.2) is 22.1 Å². The van der Waals surface area contributed by atoms with Crippen LogP contribution in [0.3, 0.4) is 0 Å². The lowest BCUT2D eigenvalue weighted by atomic mass is 10.2. The molecule has 0 fully saturated rings. The van der Waals surface area contributed by atoms with Crippen molar-refractivity contribution >= 4 is 0 Å². The number of aromatic nitrogens is 3. The van der Waals surface area contributed by atoms with Crippen LogP contribution in [0.1, 0.15) is 11.4 Å². The average molecular weight is 166 g/mol. The van der Waals surface area contributed by atoms with Gasteiger partial charge >= 0.3 is 0 Å². The van der Waals surface area contributed by atoms with Gasteiger partial charge in [0, 0.05) is 14.2 Å². The Kier molecular flexibility index (Phi) is 2.77. The summed E-state index contributed by atoms with van der Waals surface area (Å²) in [6.45, 7) is 0.445. The van der Waals surface area contributed by atoms with Crippen molar-refractivity contribution in [3.05, 3.63) is 11.4 Å². The van der Waals surface area contributed by atoms with E-state index in [-0.39, 0.29) is 6.42 Å². The summed E-state index contributed by atoms with van der Waals surface area (Å²) in [4.78, 5) is 0. The highest BCUT2D eigenvalue weighted by atomic mass is 16.5. The van der Waals surface area contributed by atoms with Crippen LogP contribution >= 0.6 is 0 Å². The van der Waals surface area contributed by atoms with Crippen LogP contribution in [0.2, 0.25) is 0 Å². The maximum absolute atomic E-state index is 8.45. The van der Waals surface area contributed by atoms with Crippen molar-refractivity contribution in [3.63, 3.8) is 0 Å². The lowest BCUT2D eigenvalue weighted by Crippen LogP contribution is -2.01. The Morgan fingerprint density at radius 1 is 1.67 bits per heavy atom. The number of ether oxygens (including phenoxy) is 1. The van der Waals surface area contributed by atoms with Gasteiger partial charge in [-0.25, -0.2) is 4.68 Å². The first kappa shape index (κ1) is 8.68. The molecule has 0 aliphatic carbocycles. The molecule has 0 saturated heterocycles. The monoisotopic (exact) mass is 166 g/mol. The molecule has 0 spiro atoms. The lowest BCUT2D eigenvalue weighted by Gasteiger charge is -1.99. The second kappa shape index (κ2) is 3.83. The molecule has 64 valence electrons. The van der Waals surface area contributed by atoms with E-state index in [1.807, 2.05) is 6.07 Å². The van der Waals surface area contributed by atoms with Crippen LogP contribution < -0.4 is 0 Å². The van der Waals surface area contributed by atoms with Crippen molar-refractivity contribution in [2.45, 2.75) is 13.0 Å². The van der Waals surface area contributed by atoms with Crippen molar-refractivity contribution in [1.82, 2.24) is 15.0 Å². The summed E-state index contributed by atoms with van der Waals surface area (Å²) in [5.41, 5.74) is 1.56. The molecule has 0 N–H and O–H groups in total. The Labute approximate surface area is 70.6 Å². The molecule has 0 aliphatic heterocycles. The fourth-order valence-electron chi connectivity index (χ4n) is 0.945. The van der Waals surface area contributed by atoms with E-state index in [2.05, 4.69) is 10.3 Å². The second-order valence-electron chi connectivity index (χ2n) is 2.37. The minimum atomic E-state index is 0.284. The molecule has 0 radical (unpaired) electrons. The number of rotatable bonds is 3. The highest BCUT2D eigenvalue weighted by Gasteiger charge is 2.08. The molecule has 0 bridgehead atoms. The minimum Gasteiger partial charge on any atom is -0.378 e. The second-order valence-corrected chi connectivity index (χ2v) is 2.37. The summed E-state index contributed by atoms with van der Waals surface area (Å²) < 4.78 is 6.56. The third kappa shape index (κ3) is 1.60. The Balaban J connectivity index is 2.89. The van der Waals surface area contributed by atoms with Gasteiger partial charge in [-0.15, -0.1) is 5.10 Å². The summed E-state index contributed by atoms with van der Waals surface area (Å²) in [5, 5.41) is 16.1. The molecule has 0 atom stereocenters.